The molecule has 1 aromatic heterocycles. The molecule has 4 aromatic rings. The van der Waals surface area contributed by atoms with Crippen molar-refractivity contribution in [3.05, 3.63) is 113 Å². The van der Waals surface area contributed by atoms with Crippen LogP contribution in [-0.4, -0.2) is 34.7 Å². The summed E-state index contributed by atoms with van der Waals surface area (Å²) in [7, 11) is 0. The quantitative estimate of drug-likeness (QED) is 0.276. The number of oxazole rings is 1. The summed E-state index contributed by atoms with van der Waals surface area (Å²) in [6.45, 7) is 2.77. The fourth-order valence-corrected chi connectivity index (χ4v) is 4.14. The van der Waals surface area contributed by atoms with Crippen molar-refractivity contribution in [3.63, 3.8) is 0 Å². The van der Waals surface area contributed by atoms with Gasteiger partial charge in [-0.15, -0.1) is 0 Å². The number of carbonyl (C=O) groups excluding carboxylic acids is 1. The van der Waals surface area contributed by atoms with Gasteiger partial charge in [-0.1, -0.05) is 37.3 Å². The number of nitrogens with zero attached hydrogens (tertiary/aromatic N) is 1. The third kappa shape index (κ3) is 7.31. The van der Waals surface area contributed by atoms with Gasteiger partial charge in [-0.3, -0.25) is 4.79 Å². The van der Waals surface area contributed by atoms with Crippen molar-refractivity contribution < 1.29 is 23.1 Å². The highest BCUT2D eigenvalue weighted by Gasteiger charge is 2.23. The van der Waals surface area contributed by atoms with Gasteiger partial charge in [0.15, 0.2) is 0 Å². The zero-order valence-electron chi connectivity index (χ0n) is 20.5. The Hall–Kier alpha value is -3.88. The number of hydrogen-bond donors (Lipinski definition) is 3. The lowest BCUT2D eigenvalue weighted by molar-refractivity contribution is 0.0830. The predicted molar refractivity (Wildman–Crippen MR) is 137 cm³/mol. The molecule has 0 aliphatic heterocycles. The second-order valence-corrected chi connectivity index (χ2v) is 8.85. The average Bonchev–Trinajstić information content (AvgIpc) is 3.43. The van der Waals surface area contributed by atoms with E-state index in [-0.39, 0.29) is 13.0 Å². The summed E-state index contributed by atoms with van der Waals surface area (Å²) in [6, 6.07) is 17.2. The first-order valence-electron chi connectivity index (χ1n) is 12.1. The van der Waals surface area contributed by atoms with Crippen LogP contribution >= 0.6 is 0 Å². The van der Waals surface area contributed by atoms with Crippen LogP contribution in [0, 0.1) is 11.6 Å². The standard InChI is InChI=1S/C29H29F2N3O3/c1-2-19-5-3-6-20(11-19)17-32-18-27(35)26(14-21-12-24(30)16-25(31)13-21)34-28(36)22-7-4-8-23(15-22)29-33-9-10-37-29/h3-13,15-16,26-27,32,35H,2,14,17-18H2,1H3,(H,34,36)/t26-,27+/m0/s1. The van der Waals surface area contributed by atoms with E-state index in [1.807, 2.05) is 12.1 Å². The van der Waals surface area contributed by atoms with Gasteiger partial charge >= 0.3 is 0 Å². The molecule has 0 aliphatic carbocycles. The number of aliphatic hydroxyl groups is 1. The minimum absolute atomic E-state index is 0.0357. The van der Waals surface area contributed by atoms with Crippen LogP contribution in [0.15, 0.2) is 83.6 Å². The zero-order chi connectivity index (χ0) is 26.2. The van der Waals surface area contributed by atoms with Crippen molar-refractivity contribution in [1.29, 1.82) is 0 Å². The molecule has 0 fully saturated rings. The van der Waals surface area contributed by atoms with Gasteiger partial charge in [0.1, 0.15) is 17.9 Å². The molecule has 3 aromatic carbocycles. The topological polar surface area (TPSA) is 87.4 Å². The number of hydrogen-bond acceptors (Lipinski definition) is 5. The van der Waals surface area contributed by atoms with E-state index in [1.165, 1.54) is 30.2 Å². The van der Waals surface area contributed by atoms with Crippen molar-refractivity contribution in [2.75, 3.05) is 6.54 Å². The monoisotopic (exact) mass is 505 g/mol. The molecule has 192 valence electrons. The van der Waals surface area contributed by atoms with Crippen molar-refractivity contribution in [1.82, 2.24) is 15.6 Å². The van der Waals surface area contributed by atoms with E-state index in [0.29, 0.717) is 29.1 Å². The van der Waals surface area contributed by atoms with Crippen LogP contribution in [-0.2, 0) is 19.4 Å². The number of aliphatic hydroxyl groups excluding tert-OH is 1. The van der Waals surface area contributed by atoms with E-state index in [1.54, 1.807) is 24.3 Å². The molecule has 0 aliphatic rings. The Morgan fingerprint density at radius 1 is 1.00 bits per heavy atom. The maximum Gasteiger partial charge on any atom is 0.251 e. The second kappa shape index (κ2) is 12.4. The van der Waals surface area contributed by atoms with Crippen molar-refractivity contribution in [2.24, 2.45) is 0 Å². The lowest BCUT2D eigenvalue weighted by Crippen LogP contribution is -2.48. The van der Waals surface area contributed by atoms with Gasteiger partial charge < -0.3 is 20.2 Å². The van der Waals surface area contributed by atoms with Gasteiger partial charge in [-0.05, 0) is 59.9 Å². The van der Waals surface area contributed by atoms with Crippen LogP contribution in [0.5, 0.6) is 0 Å². The summed E-state index contributed by atoms with van der Waals surface area (Å²) < 4.78 is 33.0. The highest BCUT2D eigenvalue weighted by Crippen LogP contribution is 2.19. The molecule has 0 spiro atoms. The molecule has 0 saturated carbocycles. The van der Waals surface area contributed by atoms with E-state index < -0.39 is 29.7 Å². The molecular formula is C29H29F2N3O3. The molecular weight excluding hydrogens is 476 g/mol. The van der Waals surface area contributed by atoms with E-state index >= 15 is 0 Å². The highest BCUT2D eigenvalue weighted by atomic mass is 19.1. The molecule has 0 unspecified atom stereocenters. The Morgan fingerprint density at radius 3 is 2.49 bits per heavy atom. The SMILES string of the molecule is CCc1cccc(CNC[C@@H](O)[C@H](Cc2cc(F)cc(F)c2)NC(=O)c2cccc(-c3ncco3)c2)c1. The molecule has 6 nitrogen and oxygen atoms in total. The van der Waals surface area contributed by atoms with Gasteiger partial charge in [-0.2, -0.15) is 0 Å². The van der Waals surface area contributed by atoms with Crippen LogP contribution in [0.25, 0.3) is 11.5 Å². The molecule has 4 rings (SSSR count). The third-order valence-corrected chi connectivity index (χ3v) is 6.05. The van der Waals surface area contributed by atoms with E-state index in [9.17, 15) is 18.7 Å². The van der Waals surface area contributed by atoms with Crippen molar-refractivity contribution >= 4 is 5.91 Å². The summed E-state index contributed by atoms with van der Waals surface area (Å²) in [5.74, 6) is -1.51. The number of benzene rings is 3. The minimum atomic E-state index is -1.03. The van der Waals surface area contributed by atoms with Crippen LogP contribution < -0.4 is 10.6 Å². The Kier molecular flexibility index (Phi) is 8.77. The van der Waals surface area contributed by atoms with E-state index in [0.717, 1.165) is 18.1 Å². The molecule has 1 amide bonds. The summed E-state index contributed by atoms with van der Waals surface area (Å²) in [4.78, 5) is 17.2. The number of aromatic nitrogens is 1. The first-order chi connectivity index (χ1) is 17.9. The van der Waals surface area contributed by atoms with Crippen molar-refractivity contribution in [2.45, 2.75) is 38.5 Å². The summed E-state index contributed by atoms with van der Waals surface area (Å²) in [6.07, 6.45) is 2.88. The van der Waals surface area contributed by atoms with Gasteiger partial charge in [0.25, 0.3) is 5.91 Å². The van der Waals surface area contributed by atoms with Gasteiger partial charge in [0.2, 0.25) is 5.89 Å². The van der Waals surface area contributed by atoms with Crippen LogP contribution in [0.4, 0.5) is 8.78 Å². The lowest BCUT2D eigenvalue weighted by atomic mass is 9.99. The molecule has 0 radical (unpaired) electrons. The Morgan fingerprint density at radius 2 is 1.76 bits per heavy atom. The van der Waals surface area contributed by atoms with Gasteiger partial charge in [-0.25, -0.2) is 13.8 Å². The number of aryl methyl sites for hydroxylation is 1. The third-order valence-electron chi connectivity index (χ3n) is 6.05. The molecule has 1 heterocycles. The van der Waals surface area contributed by atoms with Gasteiger partial charge in [0.05, 0.1) is 18.3 Å². The Balaban J connectivity index is 1.48. The highest BCUT2D eigenvalue weighted by molar-refractivity contribution is 5.95. The second-order valence-electron chi connectivity index (χ2n) is 8.85. The zero-order valence-corrected chi connectivity index (χ0v) is 20.5. The predicted octanol–water partition coefficient (Wildman–Crippen LogP) is 4.67. The maximum absolute atomic E-state index is 13.8. The number of halogens is 2. The molecule has 37 heavy (non-hydrogen) atoms. The first-order valence-corrected chi connectivity index (χ1v) is 12.1. The average molecular weight is 506 g/mol. The molecule has 8 heteroatoms. The summed E-state index contributed by atoms with van der Waals surface area (Å²) in [5, 5.41) is 17.0. The van der Waals surface area contributed by atoms with E-state index in [4.69, 9.17) is 4.42 Å². The van der Waals surface area contributed by atoms with Crippen LogP contribution in [0.2, 0.25) is 0 Å². The Bertz CT molecular complexity index is 1310. The molecule has 0 bridgehead atoms. The van der Waals surface area contributed by atoms with E-state index in [2.05, 4.69) is 34.7 Å². The largest absolute Gasteiger partial charge is 0.445 e. The number of rotatable bonds is 11. The first kappa shape index (κ1) is 26.2. The van der Waals surface area contributed by atoms with Crippen LogP contribution in [0.3, 0.4) is 0 Å². The maximum atomic E-state index is 13.8. The lowest BCUT2D eigenvalue weighted by Gasteiger charge is -2.25. The normalized spacial score (nSPS) is 12.8. The summed E-state index contributed by atoms with van der Waals surface area (Å²) >= 11 is 0. The minimum Gasteiger partial charge on any atom is -0.445 e. The number of amides is 1. The molecule has 2 atom stereocenters. The fraction of sp³-hybridized carbons (Fsp3) is 0.241. The smallest absolute Gasteiger partial charge is 0.251 e. The molecule has 0 saturated heterocycles. The Labute approximate surface area is 214 Å². The number of nitrogens with one attached hydrogen (secondary N) is 2. The fourth-order valence-electron chi connectivity index (χ4n) is 4.14. The van der Waals surface area contributed by atoms with Crippen molar-refractivity contribution in [3.8, 4) is 11.5 Å². The summed E-state index contributed by atoms with van der Waals surface area (Å²) in [5.41, 5.74) is 3.57. The molecule has 3 N–H and O–H groups in total. The van der Waals surface area contributed by atoms with Crippen LogP contribution in [0.1, 0.15) is 34.0 Å². The van der Waals surface area contributed by atoms with Gasteiger partial charge in [0, 0.05) is 30.3 Å². The number of carbonyl (C=O) groups is 1.